The molecule has 1 N–H and O–H groups in total. The Morgan fingerprint density at radius 2 is 1.67 bits per heavy atom. The van der Waals surface area contributed by atoms with Crippen molar-refractivity contribution in [1.82, 2.24) is 10.2 Å². The van der Waals surface area contributed by atoms with Crippen LogP contribution in [0.5, 0.6) is 0 Å². The van der Waals surface area contributed by atoms with Crippen LogP contribution < -0.4 is 9.62 Å². The smallest absolute Gasteiger partial charge is 0.357 e. The number of benzene rings is 3. The summed E-state index contributed by atoms with van der Waals surface area (Å²) < 4.78 is 68.8. The van der Waals surface area contributed by atoms with Gasteiger partial charge in [-0.2, -0.15) is 13.2 Å². The van der Waals surface area contributed by atoms with E-state index >= 15 is 0 Å². The molecule has 2 amide bonds. The first kappa shape index (κ1) is 30.0. The van der Waals surface area contributed by atoms with Crippen LogP contribution in [0.15, 0.2) is 77.7 Å². The van der Waals surface area contributed by atoms with E-state index < -0.39 is 56.9 Å². The van der Waals surface area contributed by atoms with Crippen LogP contribution >= 0.6 is 11.6 Å². The highest BCUT2D eigenvalue weighted by Crippen LogP contribution is 2.38. The average Bonchev–Trinajstić information content (AvgIpc) is 2.89. The molecule has 1 unspecified atom stereocenters. The summed E-state index contributed by atoms with van der Waals surface area (Å²) in [6, 6.07) is 15.8. The molecule has 0 aliphatic rings. The number of likely N-dealkylation sites (N-methyl/N-ethyl adjacent to an activating group) is 1. The number of anilines is 1. The lowest BCUT2D eigenvalue weighted by molar-refractivity contribution is -0.139. The molecule has 0 heterocycles. The predicted molar refractivity (Wildman–Crippen MR) is 143 cm³/mol. The minimum absolute atomic E-state index is 0.0389. The van der Waals surface area contributed by atoms with Crippen molar-refractivity contribution in [2.24, 2.45) is 0 Å². The number of carbonyl (C=O) groups is 2. The van der Waals surface area contributed by atoms with E-state index in [0.717, 1.165) is 17.7 Å². The fourth-order valence-corrected chi connectivity index (χ4v) is 5.58. The third-order valence-electron chi connectivity index (χ3n) is 6.00. The zero-order valence-corrected chi connectivity index (χ0v) is 22.9. The number of amides is 2. The van der Waals surface area contributed by atoms with Gasteiger partial charge in [0.15, 0.2) is 0 Å². The zero-order valence-electron chi connectivity index (χ0n) is 21.4. The number of halogens is 4. The Balaban J connectivity index is 2.11. The van der Waals surface area contributed by atoms with Crippen LogP contribution in [-0.2, 0) is 32.3 Å². The number of hydrogen-bond acceptors (Lipinski definition) is 4. The summed E-state index contributed by atoms with van der Waals surface area (Å²) in [5, 5.41) is 1.84. The summed E-state index contributed by atoms with van der Waals surface area (Å²) >= 11 is 5.76. The van der Waals surface area contributed by atoms with Crippen LogP contribution in [0, 0.1) is 6.92 Å². The number of nitrogens with one attached hydrogen (secondary N) is 1. The van der Waals surface area contributed by atoms with Crippen molar-refractivity contribution in [2.75, 3.05) is 17.9 Å². The molecule has 3 aromatic carbocycles. The Hall–Kier alpha value is -3.57. The monoisotopic (exact) mass is 581 g/mol. The van der Waals surface area contributed by atoms with E-state index in [-0.39, 0.29) is 11.4 Å². The van der Waals surface area contributed by atoms with Gasteiger partial charge in [0.05, 0.1) is 21.2 Å². The number of hydrogen-bond donors (Lipinski definition) is 1. The molecule has 1 atom stereocenters. The molecule has 0 aromatic heterocycles. The molecule has 12 heteroatoms. The van der Waals surface area contributed by atoms with Gasteiger partial charge in [-0.15, -0.1) is 0 Å². The van der Waals surface area contributed by atoms with Crippen LogP contribution in [0.4, 0.5) is 18.9 Å². The third-order valence-corrected chi connectivity index (χ3v) is 8.12. The third kappa shape index (κ3) is 7.10. The first-order valence-corrected chi connectivity index (χ1v) is 13.6. The number of sulfonamides is 1. The van der Waals surface area contributed by atoms with Crippen molar-refractivity contribution >= 4 is 39.1 Å². The molecule has 208 valence electrons. The summed E-state index contributed by atoms with van der Waals surface area (Å²) in [5.41, 5.74) is -0.0752. The van der Waals surface area contributed by atoms with Gasteiger partial charge in [0.2, 0.25) is 11.8 Å². The highest BCUT2D eigenvalue weighted by Gasteiger charge is 2.36. The minimum Gasteiger partial charge on any atom is -0.357 e. The van der Waals surface area contributed by atoms with E-state index in [1.807, 2.05) is 19.1 Å². The molecule has 0 fully saturated rings. The summed E-state index contributed by atoms with van der Waals surface area (Å²) in [7, 11) is -3.12. The SMILES string of the molecule is CNC(=O)C(C)N(Cc1cccc(C)c1)C(=O)CN(c1ccc(Cl)c(C(F)(F)F)c1)S(=O)(=O)c1ccccc1. The maximum absolute atomic E-state index is 13.7. The van der Waals surface area contributed by atoms with E-state index in [1.165, 1.54) is 43.1 Å². The van der Waals surface area contributed by atoms with Gasteiger partial charge < -0.3 is 10.2 Å². The summed E-state index contributed by atoms with van der Waals surface area (Å²) in [5.74, 6) is -1.30. The van der Waals surface area contributed by atoms with Crippen molar-refractivity contribution < 1.29 is 31.2 Å². The van der Waals surface area contributed by atoms with Crippen LogP contribution in [0.3, 0.4) is 0 Å². The molecule has 0 saturated heterocycles. The van der Waals surface area contributed by atoms with Crippen molar-refractivity contribution in [3.05, 3.63) is 94.5 Å². The predicted octanol–water partition coefficient (Wildman–Crippen LogP) is 5.03. The lowest BCUT2D eigenvalue weighted by Crippen LogP contribution is -2.50. The lowest BCUT2D eigenvalue weighted by Gasteiger charge is -2.32. The van der Waals surface area contributed by atoms with E-state index in [9.17, 15) is 31.2 Å². The second-order valence-electron chi connectivity index (χ2n) is 8.79. The molecule has 0 bridgehead atoms. The average molecular weight is 582 g/mol. The molecule has 3 rings (SSSR count). The van der Waals surface area contributed by atoms with Crippen molar-refractivity contribution in [3.63, 3.8) is 0 Å². The molecule has 39 heavy (non-hydrogen) atoms. The number of carbonyl (C=O) groups excluding carboxylic acids is 2. The summed E-state index contributed by atoms with van der Waals surface area (Å²) in [6.07, 6.45) is -4.87. The van der Waals surface area contributed by atoms with Gasteiger partial charge in [0, 0.05) is 13.6 Å². The molecule has 0 radical (unpaired) electrons. The second kappa shape index (κ2) is 12.1. The fourth-order valence-electron chi connectivity index (χ4n) is 3.93. The van der Waals surface area contributed by atoms with E-state index in [2.05, 4.69) is 5.32 Å². The normalized spacial score (nSPS) is 12.5. The number of rotatable bonds is 9. The van der Waals surface area contributed by atoms with E-state index in [1.54, 1.807) is 18.2 Å². The van der Waals surface area contributed by atoms with Crippen molar-refractivity contribution in [1.29, 1.82) is 0 Å². The van der Waals surface area contributed by atoms with Crippen LogP contribution in [0.25, 0.3) is 0 Å². The lowest BCUT2D eigenvalue weighted by atomic mass is 10.1. The fraction of sp³-hybridized carbons (Fsp3) is 0.259. The Morgan fingerprint density at radius 1 is 1.00 bits per heavy atom. The van der Waals surface area contributed by atoms with Gasteiger partial charge in [0.1, 0.15) is 12.6 Å². The van der Waals surface area contributed by atoms with Gasteiger partial charge in [0.25, 0.3) is 10.0 Å². The van der Waals surface area contributed by atoms with Crippen molar-refractivity contribution in [2.45, 2.75) is 37.5 Å². The topological polar surface area (TPSA) is 86.8 Å². The van der Waals surface area contributed by atoms with Gasteiger partial charge >= 0.3 is 6.18 Å². The Labute approximate surface area is 230 Å². The molecular weight excluding hydrogens is 555 g/mol. The van der Waals surface area contributed by atoms with Gasteiger partial charge in [-0.1, -0.05) is 59.6 Å². The maximum atomic E-state index is 13.7. The van der Waals surface area contributed by atoms with Gasteiger partial charge in [-0.05, 0) is 49.7 Å². The van der Waals surface area contributed by atoms with E-state index in [4.69, 9.17) is 11.6 Å². The molecular formula is C27H27ClF3N3O4S. The number of nitrogens with zero attached hydrogens (tertiary/aromatic N) is 2. The maximum Gasteiger partial charge on any atom is 0.417 e. The van der Waals surface area contributed by atoms with Crippen LogP contribution in [0.1, 0.15) is 23.6 Å². The second-order valence-corrected chi connectivity index (χ2v) is 11.1. The minimum atomic E-state index is -4.87. The molecule has 0 spiro atoms. The highest BCUT2D eigenvalue weighted by atomic mass is 35.5. The Bertz CT molecular complexity index is 1450. The number of aryl methyl sites for hydroxylation is 1. The molecule has 0 aliphatic heterocycles. The number of alkyl halides is 3. The van der Waals surface area contributed by atoms with Crippen molar-refractivity contribution in [3.8, 4) is 0 Å². The first-order valence-electron chi connectivity index (χ1n) is 11.8. The zero-order chi connectivity index (χ0) is 29.0. The van der Waals surface area contributed by atoms with Crippen LogP contribution in [0.2, 0.25) is 5.02 Å². The van der Waals surface area contributed by atoms with Gasteiger partial charge in [-0.25, -0.2) is 8.42 Å². The van der Waals surface area contributed by atoms with Crippen LogP contribution in [-0.4, -0.2) is 44.8 Å². The standard InChI is InChI=1S/C27H27ClF3N3O4S/c1-18-8-7-9-20(14-18)16-33(19(2)26(36)32-3)25(35)17-34(39(37,38)22-10-5-4-6-11-22)21-12-13-24(28)23(15-21)27(29,30)31/h4-15,19H,16-17H2,1-3H3,(H,32,36). The quantitative estimate of drug-likeness (QED) is 0.384. The summed E-state index contributed by atoms with van der Waals surface area (Å²) in [6.45, 7) is 2.42. The first-order chi connectivity index (χ1) is 18.3. The largest absolute Gasteiger partial charge is 0.417 e. The highest BCUT2D eigenvalue weighted by molar-refractivity contribution is 7.92. The molecule has 3 aromatic rings. The summed E-state index contributed by atoms with van der Waals surface area (Å²) in [4.78, 5) is 27.2. The molecule has 7 nitrogen and oxygen atoms in total. The Kier molecular flexibility index (Phi) is 9.29. The van der Waals surface area contributed by atoms with E-state index in [0.29, 0.717) is 15.9 Å². The molecule has 0 saturated carbocycles. The Morgan fingerprint density at radius 3 is 2.26 bits per heavy atom. The molecule has 0 aliphatic carbocycles. The van der Waals surface area contributed by atoms with Gasteiger partial charge in [-0.3, -0.25) is 13.9 Å².